The van der Waals surface area contributed by atoms with Gasteiger partial charge in [-0.1, -0.05) is 13.3 Å². The fourth-order valence-electron chi connectivity index (χ4n) is 0.577. The number of hydrogen-bond acceptors (Lipinski definition) is 0. The number of rotatable bonds is 3. The summed E-state index contributed by atoms with van der Waals surface area (Å²) in [4.78, 5) is 0. The fourth-order valence-corrected chi connectivity index (χ4v) is 0.577. The van der Waals surface area contributed by atoms with Crippen LogP contribution in [0.3, 0.4) is 0 Å². The van der Waals surface area contributed by atoms with Gasteiger partial charge in [0.25, 0.3) is 0 Å². The van der Waals surface area contributed by atoms with E-state index in [0.29, 0.717) is 0 Å². The molecule has 0 amide bonds. The van der Waals surface area contributed by atoms with Crippen LogP contribution in [0.15, 0.2) is 0 Å². The maximum Gasteiger partial charge on any atom is 0.0198 e. The molecule has 0 N–H and O–H groups in total. The van der Waals surface area contributed by atoms with Crippen molar-refractivity contribution in [3.8, 4) is 24.2 Å². The maximum atomic E-state index is 5.05. The van der Waals surface area contributed by atoms with E-state index < -0.39 is 0 Å². The van der Waals surface area contributed by atoms with Gasteiger partial charge in [0.05, 0.1) is 0 Å². The van der Waals surface area contributed by atoms with E-state index in [0.717, 1.165) is 19.3 Å². The molecule has 0 rings (SSSR count). The van der Waals surface area contributed by atoms with Gasteiger partial charge in [-0.25, -0.2) is 0 Å². The third kappa shape index (κ3) is 12.8. The van der Waals surface area contributed by atoms with Crippen molar-refractivity contribution < 1.29 is 0 Å². The van der Waals surface area contributed by atoms with Crippen LogP contribution in [0.1, 0.15) is 39.0 Å². The topological polar surface area (TPSA) is 0 Å². The molecule has 0 unspecified atom stereocenters. The molecule has 0 saturated carbocycles. The van der Waals surface area contributed by atoms with Gasteiger partial charge in [-0.3, -0.25) is 0 Å². The Balaban J connectivity index is 0. The van der Waals surface area contributed by atoms with Gasteiger partial charge in [0.15, 0.2) is 0 Å². The van der Waals surface area contributed by atoms with Crippen LogP contribution in [0, 0.1) is 24.2 Å². The minimum Gasteiger partial charge on any atom is -0.120 e. The number of terminal acetylenes is 1. The third-order valence-corrected chi connectivity index (χ3v) is 1.17. The predicted octanol–water partition coefficient (Wildman–Crippen LogP) is 2.21. The van der Waals surface area contributed by atoms with Crippen molar-refractivity contribution in [2.45, 2.75) is 39.0 Å². The molecule has 11 heavy (non-hydrogen) atoms. The second-order valence-electron chi connectivity index (χ2n) is 2.16. The second kappa shape index (κ2) is 12.4. The first kappa shape index (κ1) is 13.3. The zero-order valence-electron chi connectivity index (χ0n) is 7.61. The van der Waals surface area contributed by atoms with Crippen molar-refractivity contribution in [1.29, 1.82) is 0 Å². The largest absolute Gasteiger partial charge is 0.120 e. The molecule has 0 aromatic rings. The molecule has 0 saturated heterocycles. The molecule has 0 bridgehead atoms. The Morgan fingerprint density at radius 3 is 2.27 bits per heavy atom. The second-order valence-corrected chi connectivity index (χ2v) is 2.16. The minimum atomic E-state index is 0. The zero-order valence-corrected chi connectivity index (χ0v) is 7.61. The molecular weight excluding hydrogens is 127 g/mol. The Hall–Kier alpha value is -0.283. The molecule has 0 nitrogen and oxygen atoms in total. The van der Waals surface area contributed by atoms with E-state index in [2.05, 4.69) is 24.7 Å². The van der Waals surface area contributed by atoms with Gasteiger partial charge in [0.2, 0.25) is 0 Å². The van der Waals surface area contributed by atoms with Crippen molar-refractivity contribution >= 4 is 18.9 Å². The Morgan fingerprint density at radius 1 is 1.09 bits per heavy atom. The molecular formula is C10H14Li. The summed E-state index contributed by atoms with van der Waals surface area (Å²) in [6.45, 7) is 2.17. The van der Waals surface area contributed by atoms with Crippen LogP contribution in [0.5, 0.6) is 0 Å². The average Bonchev–Trinajstić information content (AvgIpc) is 1.97. The standard InChI is InChI=1S/C10H14.Li/c1-3-5-7-9-10-8-6-4-2;/h1H,4-8H2,2H3;. The Bertz CT molecular complexity index is 154. The molecule has 0 aromatic carbocycles. The van der Waals surface area contributed by atoms with E-state index in [1.807, 2.05) is 0 Å². The average molecular weight is 141 g/mol. The normalized spacial score (nSPS) is 6.91. The summed E-state index contributed by atoms with van der Waals surface area (Å²) in [6, 6.07) is 0. The maximum absolute atomic E-state index is 5.05. The van der Waals surface area contributed by atoms with Crippen LogP contribution < -0.4 is 0 Å². The Kier molecular flexibility index (Phi) is 15.0. The minimum absolute atomic E-state index is 0. The molecule has 1 radical (unpaired) electrons. The zero-order chi connectivity index (χ0) is 7.66. The molecule has 0 aliphatic carbocycles. The number of hydrogen-bond donors (Lipinski definition) is 0. The monoisotopic (exact) mass is 141 g/mol. The van der Waals surface area contributed by atoms with Gasteiger partial charge in [-0.05, 0) is 6.42 Å². The molecule has 0 atom stereocenters. The summed E-state index contributed by atoms with van der Waals surface area (Å²) >= 11 is 0. The summed E-state index contributed by atoms with van der Waals surface area (Å²) in [7, 11) is 0. The molecule has 0 heterocycles. The van der Waals surface area contributed by atoms with Gasteiger partial charge in [0, 0.05) is 38.1 Å². The van der Waals surface area contributed by atoms with E-state index in [1.165, 1.54) is 12.8 Å². The van der Waals surface area contributed by atoms with Crippen molar-refractivity contribution in [2.75, 3.05) is 0 Å². The van der Waals surface area contributed by atoms with E-state index in [4.69, 9.17) is 6.42 Å². The van der Waals surface area contributed by atoms with Crippen molar-refractivity contribution in [2.24, 2.45) is 0 Å². The van der Waals surface area contributed by atoms with Crippen LogP contribution >= 0.6 is 0 Å². The van der Waals surface area contributed by atoms with Gasteiger partial charge < -0.3 is 0 Å². The van der Waals surface area contributed by atoms with Gasteiger partial charge >= 0.3 is 0 Å². The Labute approximate surface area is 82.3 Å². The van der Waals surface area contributed by atoms with Crippen molar-refractivity contribution in [3.63, 3.8) is 0 Å². The molecule has 0 spiro atoms. The van der Waals surface area contributed by atoms with Gasteiger partial charge in [-0.15, -0.1) is 24.2 Å². The number of unbranched alkanes of at least 4 members (excludes halogenated alkanes) is 3. The van der Waals surface area contributed by atoms with Gasteiger partial charge in [-0.2, -0.15) is 0 Å². The first-order chi connectivity index (χ1) is 4.91. The summed E-state index contributed by atoms with van der Waals surface area (Å²) in [5, 5.41) is 0. The molecule has 1 heteroatoms. The SMILES string of the molecule is C#CCCC#CCCCC.[Li]. The van der Waals surface area contributed by atoms with E-state index in [1.54, 1.807) is 0 Å². The van der Waals surface area contributed by atoms with E-state index >= 15 is 0 Å². The fraction of sp³-hybridized carbons (Fsp3) is 0.600. The summed E-state index contributed by atoms with van der Waals surface area (Å²) in [5.74, 6) is 8.66. The van der Waals surface area contributed by atoms with Crippen LogP contribution in [-0.2, 0) is 0 Å². The molecule has 0 aliphatic heterocycles. The predicted molar refractivity (Wildman–Crippen MR) is 51.1 cm³/mol. The van der Waals surface area contributed by atoms with E-state index in [-0.39, 0.29) is 18.9 Å². The third-order valence-electron chi connectivity index (χ3n) is 1.17. The van der Waals surface area contributed by atoms with Crippen LogP contribution in [0.4, 0.5) is 0 Å². The van der Waals surface area contributed by atoms with E-state index in [9.17, 15) is 0 Å². The molecule has 0 aromatic heterocycles. The summed E-state index contributed by atoms with van der Waals surface area (Å²) in [5.41, 5.74) is 0. The molecule has 0 fully saturated rings. The smallest absolute Gasteiger partial charge is 0.0198 e. The molecule has 0 aliphatic rings. The van der Waals surface area contributed by atoms with Crippen LogP contribution in [0.2, 0.25) is 0 Å². The summed E-state index contributed by atoms with van der Waals surface area (Å²) in [6.07, 6.45) is 10.2. The first-order valence-electron chi connectivity index (χ1n) is 3.81. The van der Waals surface area contributed by atoms with Gasteiger partial charge in [0.1, 0.15) is 0 Å². The Morgan fingerprint density at radius 2 is 1.73 bits per heavy atom. The van der Waals surface area contributed by atoms with Crippen molar-refractivity contribution in [3.05, 3.63) is 0 Å². The first-order valence-corrected chi connectivity index (χ1v) is 3.81. The summed E-state index contributed by atoms with van der Waals surface area (Å²) < 4.78 is 0. The quantitative estimate of drug-likeness (QED) is 0.321. The van der Waals surface area contributed by atoms with Crippen molar-refractivity contribution in [1.82, 2.24) is 0 Å². The molecule has 55 valence electrons. The van der Waals surface area contributed by atoms with Crippen LogP contribution in [-0.4, -0.2) is 18.9 Å². The van der Waals surface area contributed by atoms with Crippen LogP contribution in [0.25, 0.3) is 0 Å².